The van der Waals surface area contributed by atoms with E-state index in [1.165, 1.54) is 0 Å². The maximum absolute atomic E-state index is 11.3. The van der Waals surface area contributed by atoms with Crippen molar-refractivity contribution in [1.82, 2.24) is 0 Å². The summed E-state index contributed by atoms with van der Waals surface area (Å²) < 4.78 is 15.6. The average Bonchev–Trinajstić information content (AvgIpc) is 2.32. The third-order valence-corrected chi connectivity index (χ3v) is 2.29. The monoisotopic (exact) mass is 274 g/mol. The first-order valence-electron chi connectivity index (χ1n) is 6.81. The van der Waals surface area contributed by atoms with Gasteiger partial charge in [-0.25, -0.2) is 0 Å². The Labute approximate surface area is 115 Å². The van der Waals surface area contributed by atoms with Crippen molar-refractivity contribution >= 4 is 11.9 Å². The molecule has 0 aromatic carbocycles. The fraction of sp³-hybridized carbons (Fsp3) is 0.857. The van der Waals surface area contributed by atoms with E-state index in [-0.39, 0.29) is 36.7 Å². The minimum atomic E-state index is -0.290. The lowest BCUT2D eigenvalue weighted by Gasteiger charge is -2.17. The van der Waals surface area contributed by atoms with Gasteiger partial charge in [0.2, 0.25) is 0 Å². The van der Waals surface area contributed by atoms with Gasteiger partial charge in [-0.1, -0.05) is 20.8 Å². The van der Waals surface area contributed by atoms with Crippen molar-refractivity contribution < 1.29 is 23.8 Å². The molecule has 0 aromatic rings. The molecule has 2 atom stereocenters. The van der Waals surface area contributed by atoms with Crippen LogP contribution in [0, 0.1) is 5.92 Å². The Morgan fingerprint density at radius 3 is 2.11 bits per heavy atom. The summed E-state index contributed by atoms with van der Waals surface area (Å²) >= 11 is 0. The summed E-state index contributed by atoms with van der Waals surface area (Å²) in [6, 6.07) is 0. The molecule has 2 unspecified atom stereocenters. The van der Waals surface area contributed by atoms with Gasteiger partial charge in [0.15, 0.2) is 0 Å². The Morgan fingerprint density at radius 1 is 0.947 bits per heavy atom. The van der Waals surface area contributed by atoms with Crippen LogP contribution in [0.25, 0.3) is 0 Å². The highest BCUT2D eigenvalue weighted by Crippen LogP contribution is 2.03. The smallest absolute Gasteiger partial charge is 0.306 e. The van der Waals surface area contributed by atoms with Crippen LogP contribution in [0.15, 0.2) is 0 Å². The molecule has 0 aromatic heterocycles. The summed E-state index contributed by atoms with van der Waals surface area (Å²) in [5.41, 5.74) is 0. The Balaban J connectivity index is 3.72. The van der Waals surface area contributed by atoms with Crippen LogP contribution in [0.4, 0.5) is 0 Å². The van der Waals surface area contributed by atoms with Crippen molar-refractivity contribution in [2.24, 2.45) is 5.92 Å². The van der Waals surface area contributed by atoms with Gasteiger partial charge in [-0.2, -0.15) is 0 Å². The van der Waals surface area contributed by atoms with Gasteiger partial charge in [0, 0.05) is 12.8 Å². The summed E-state index contributed by atoms with van der Waals surface area (Å²) in [5, 5.41) is 0. The van der Waals surface area contributed by atoms with Gasteiger partial charge in [0.05, 0.1) is 12.7 Å². The number of rotatable bonds is 9. The van der Waals surface area contributed by atoms with Crippen LogP contribution >= 0.6 is 0 Å². The van der Waals surface area contributed by atoms with Gasteiger partial charge in [-0.05, 0) is 19.8 Å². The van der Waals surface area contributed by atoms with Crippen molar-refractivity contribution in [3.63, 3.8) is 0 Å². The van der Waals surface area contributed by atoms with Crippen molar-refractivity contribution in [2.75, 3.05) is 13.2 Å². The third-order valence-electron chi connectivity index (χ3n) is 2.29. The molecule has 0 N–H and O–H groups in total. The second-order valence-corrected chi connectivity index (χ2v) is 5.08. The zero-order valence-electron chi connectivity index (χ0n) is 12.6. The highest BCUT2D eigenvalue weighted by molar-refractivity contribution is 5.69. The molecular weight excluding hydrogens is 248 g/mol. The molecule has 0 saturated heterocycles. The van der Waals surface area contributed by atoms with E-state index < -0.39 is 0 Å². The van der Waals surface area contributed by atoms with Gasteiger partial charge in [-0.3, -0.25) is 9.59 Å². The number of esters is 2. The minimum Gasteiger partial charge on any atom is -0.463 e. The molecule has 0 bridgehead atoms. The van der Waals surface area contributed by atoms with E-state index in [0.29, 0.717) is 19.4 Å². The predicted octanol–water partition coefficient (Wildman–Crippen LogP) is 2.32. The van der Waals surface area contributed by atoms with E-state index >= 15 is 0 Å². The second-order valence-electron chi connectivity index (χ2n) is 5.08. The zero-order valence-corrected chi connectivity index (χ0v) is 12.6. The Bertz CT molecular complexity index is 275. The lowest BCUT2D eigenvalue weighted by atomic mass is 10.1. The van der Waals surface area contributed by atoms with Crippen LogP contribution in [0.3, 0.4) is 0 Å². The van der Waals surface area contributed by atoms with Gasteiger partial charge in [0.1, 0.15) is 12.7 Å². The fourth-order valence-corrected chi connectivity index (χ4v) is 1.29. The quantitative estimate of drug-likeness (QED) is 0.604. The molecular formula is C14H26O5. The van der Waals surface area contributed by atoms with Crippen molar-refractivity contribution in [3.8, 4) is 0 Å². The molecule has 0 heterocycles. The normalized spacial score (nSPS) is 14.0. The van der Waals surface area contributed by atoms with E-state index in [0.717, 1.165) is 0 Å². The molecule has 0 rings (SSSR count). The number of hydrogen-bond acceptors (Lipinski definition) is 5. The van der Waals surface area contributed by atoms with E-state index in [2.05, 4.69) is 0 Å². The third kappa shape index (κ3) is 10.5. The SMILES string of the molecule is CCC(=O)OC(C)COC(C)COC(=O)CC(C)C. The van der Waals surface area contributed by atoms with Crippen LogP contribution < -0.4 is 0 Å². The van der Waals surface area contributed by atoms with Crippen LogP contribution in [0.2, 0.25) is 0 Å². The predicted molar refractivity (Wildman–Crippen MR) is 71.7 cm³/mol. The highest BCUT2D eigenvalue weighted by Gasteiger charge is 2.12. The molecule has 0 fully saturated rings. The van der Waals surface area contributed by atoms with Gasteiger partial charge < -0.3 is 14.2 Å². The van der Waals surface area contributed by atoms with Crippen molar-refractivity contribution in [1.29, 1.82) is 0 Å². The van der Waals surface area contributed by atoms with E-state index in [1.807, 2.05) is 20.8 Å². The summed E-state index contributed by atoms with van der Waals surface area (Å²) in [6.45, 7) is 9.78. The molecule has 0 aliphatic carbocycles. The first-order valence-corrected chi connectivity index (χ1v) is 6.81. The summed E-state index contributed by atoms with van der Waals surface area (Å²) in [7, 11) is 0. The van der Waals surface area contributed by atoms with Crippen molar-refractivity contribution in [3.05, 3.63) is 0 Å². The van der Waals surface area contributed by atoms with E-state index in [4.69, 9.17) is 14.2 Å². The highest BCUT2D eigenvalue weighted by atomic mass is 16.6. The summed E-state index contributed by atoms with van der Waals surface area (Å²) in [5.74, 6) is -0.166. The standard InChI is InChI=1S/C14H26O5/c1-6-13(15)19-12(5)9-17-11(4)8-18-14(16)7-10(2)3/h10-12H,6-9H2,1-5H3. The molecule has 19 heavy (non-hydrogen) atoms. The van der Waals surface area contributed by atoms with Crippen LogP contribution in [0.1, 0.15) is 47.5 Å². The molecule has 0 aliphatic heterocycles. The molecule has 112 valence electrons. The molecule has 0 aliphatic rings. The largest absolute Gasteiger partial charge is 0.463 e. The second kappa shape index (κ2) is 9.78. The van der Waals surface area contributed by atoms with Crippen molar-refractivity contribution in [2.45, 2.75) is 59.7 Å². The maximum Gasteiger partial charge on any atom is 0.306 e. The average molecular weight is 274 g/mol. The number of carbonyl (C=O) groups is 2. The molecule has 5 nitrogen and oxygen atoms in total. The Hall–Kier alpha value is -1.10. The van der Waals surface area contributed by atoms with Crippen LogP contribution in [-0.2, 0) is 23.8 Å². The summed E-state index contributed by atoms with van der Waals surface area (Å²) in [6.07, 6.45) is 0.268. The fourth-order valence-electron chi connectivity index (χ4n) is 1.29. The first-order chi connectivity index (χ1) is 8.85. The minimum absolute atomic E-state index is 0.209. The van der Waals surface area contributed by atoms with Gasteiger partial charge in [-0.15, -0.1) is 0 Å². The Morgan fingerprint density at radius 2 is 1.58 bits per heavy atom. The zero-order chi connectivity index (χ0) is 14.8. The number of ether oxygens (including phenoxy) is 3. The Kier molecular flexibility index (Phi) is 9.21. The van der Waals surface area contributed by atoms with Crippen LogP contribution in [0.5, 0.6) is 0 Å². The van der Waals surface area contributed by atoms with Crippen LogP contribution in [-0.4, -0.2) is 37.4 Å². The lowest BCUT2D eigenvalue weighted by Crippen LogP contribution is -2.26. The van der Waals surface area contributed by atoms with Gasteiger partial charge >= 0.3 is 11.9 Å². The maximum atomic E-state index is 11.3. The summed E-state index contributed by atoms with van der Waals surface area (Å²) in [4.78, 5) is 22.4. The number of carbonyl (C=O) groups excluding carboxylic acids is 2. The topological polar surface area (TPSA) is 61.8 Å². The van der Waals surface area contributed by atoms with Gasteiger partial charge in [0.25, 0.3) is 0 Å². The molecule has 5 heteroatoms. The molecule has 0 amide bonds. The van der Waals surface area contributed by atoms with E-state index in [9.17, 15) is 9.59 Å². The molecule has 0 saturated carbocycles. The first kappa shape index (κ1) is 17.9. The molecule has 0 spiro atoms. The number of hydrogen-bond donors (Lipinski definition) is 0. The van der Waals surface area contributed by atoms with E-state index in [1.54, 1.807) is 13.8 Å². The lowest BCUT2D eigenvalue weighted by molar-refractivity contribution is -0.154. The molecule has 0 radical (unpaired) electrons.